The normalized spacial score (nSPS) is 19.5. The molecule has 3 rings (SSSR count). The predicted octanol–water partition coefficient (Wildman–Crippen LogP) is 4.29. The zero-order valence-electron chi connectivity index (χ0n) is 16.0. The summed E-state index contributed by atoms with van der Waals surface area (Å²) < 4.78 is 0. The summed E-state index contributed by atoms with van der Waals surface area (Å²) in [6, 6.07) is 8.22. The van der Waals surface area contributed by atoms with Gasteiger partial charge in [0, 0.05) is 36.0 Å². The molecule has 0 bridgehead atoms. The average molecular weight is 377 g/mol. The maximum atomic E-state index is 13.3. The van der Waals surface area contributed by atoms with E-state index in [1.54, 1.807) is 0 Å². The lowest BCUT2D eigenvalue weighted by atomic mass is 9.93. The van der Waals surface area contributed by atoms with Gasteiger partial charge in [-0.25, -0.2) is 0 Å². The van der Waals surface area contributed by atoms with Crippen molar-refractivity contribution in [3.05, 3.63) is 34.9 Å². The predicted molar refractivity (Wildman–Crippen MR) is 104 cm³/mol. The fraction of sp³-hybridized carbons (Fsp3) is 0.619. The van der Waals surface area contributed by atoms with Crippen LogP contribution >= 0.6 is 11.6 Å². The minimum atomic E-state index is 0.0233. The van der Waals surface area contributed by atoms with Gasteiger partial charge in [-0.2, -0.15) is 0 Å². The molecule has 1 aliphatic carbocycles. The van der Waals surface area contributed by atoms with E-state index in [-0.39, 0.29) is 29.7 Å². The van der Waals surface area contributed by atoms with Crippen molar-refractivity contribution in [2.45, 2.75) is 58.5 Å². The van der Waals surface area contributed by atoms with Crippen LogP contribution in [0.1, 0.15) is 58.1 Å². The van der Waals surface area contributed by atoms with E-state index in [9.17, 15) is 9.59 Å². The summed E-state index contributed by atoms with van der Waals surface area (Å²) in [5.41, 5.74) is 1.13. The number of hydrogen-bond acceptors (Lipinski definition) is 2. The third kappa shape index (κ3) is 4.22. The molecule has 0 N–H and O–H groups in total. The second-order valence-electron chi connectivity index (χ2n) is 7.96. The van der Waals surface area contributed by atoms with Crippen LogP contribution in [0.4, 0.5) is 0 Å². The zero-order valence-corrected chi connectivity index (χ0v) is 16.7. The smallest absolute Gasteiger partial charge is 0.226 e. The number of carbonyl (C=O) groups excluding carboxylic acids is 2. The van der Waals surface area contributed by atoms with Crippen molar-refractivity contribution in [2.24, 2.45) is 11.8 Å². The van der Waals surface area contributed by atoms with Gasteiger partial charge in [-0.15, -0.1) is 0 Å². The van der Waals surface area contributed by atoms with Crippen LogP contribution in [-0.4, -0.2) is 40.7 Å². The molecule has 2 aliphatic rings. The van der Waals surface area contributed by atoms with E-state index in [1.807, 2.05) is 43.0 Å². The summed E-state index contributed by atoms with van der Waals surface area (Å²) in [6.45, 7) is 7.36. The number of rotatable bonds is 5. The van der Waals surface area contributed by atoms with Crippen molar-refractivity contribution in [3.63, 3.8) is 0 Å². The van der Waals surface area contributed by atoms with Crippen LogP contribution in [0.25, 0.3) is 0 Å². The third-order valence-electron chi connectivity index (χ3n) is 5.61. The molecule has 142 valence electrons. The molecule has 1 saturated carbocycles. The second-order valence-corrected chi connectivity index (χ2v) is 8.39. The molecule has 1 unspecified atom stereocenters. The van der Waals surface area contributed by atoms with Crippen LogP contribution in [0.5, 0.6) is 0 Å². The van der Waals surface area contributed by atoms with Crippen molar-refractivity contribution in [2.75, 3.05) is 13.1 Å². The number of piperidine rings is 1. The lowest BCUT2D eigenvalue weighted by molar-refractivity contribution is -0.144. The fourth-order valence-corrected chi connectivity index (χ4v) is 3.99. The Bertz CT molecular complexity index is 646. The minimum Gasteiger partial charge on any atom is -0.342 e. The van der Waals surface area contributed by atoms with Crippen molar-refractivity contribution in [3.8, 4) is 0 Å². The highest BCUT2D eigenvalue weighted by molar-refractivity contribution is 6.30. The van der Waals surface area contributed by atoms with Gasteiger partial charge in [-0.3, -0.25) is 9.59 Å². The van der Waals surface area contributed by atoms with Gasteiger partial charge in [0.1, 0.15) is 0 Å². The summed E-state index contributed by atoms with van der Waals surface area (Å²) in [5.74, 6) is 0.507. The molecule has 26 heavy (non-hydrogen) atoms. The molecule has 1 aromatic rings. The minimum absolute atomic E-state index is 0.0233. The van der Waals surface area contributed by atoms with E-state index >= 15 is 0 Å². The SMILES string of the molecule is CC(C)C(=O)N1CCC(C(=O)N(C2CC2)C(C)c2ccc(Cl)cc2)CC1. The number of carbonyl (C=O) groups is 2. The molecule has 1 saturated heterocycles. The van der Waals surface area contributed by atoms with Crippen LogP contribution in [0.3, 0.4) is 0 Å². The fourth-order valence-electron chi connectivity index (χ4n) is 3.86. The lowest BCUT2D eigenvalue weighted by Gasteiger charge is -2.37. The highest BCUT2D eigenvalue weighted by Crippen LogP contribution is 2.37. The Balaban J connectivity index is 1.66. The van der Waals surface area contributed by atoms with E-state index in [0.29, 0.717) is 24.2 Å². The first-order valence-corrected chi connectivity index (χ1v) is 10.1. The highest BCUT2D eigenvalue weighted by atomic mass is 35.5. The first kappa shape index (κ1) is 19.2. The maximum absolute atomic E-state index is 13.3. The topological polar surface area (TPSA) is 40.6 Å². The first-order valence-electron chi connectivity index (χ1n) is 9.75. The molecule has 1 atom stereocenters. The van der Waals surface area contributed by atoms with Crippen LogP contribution in [-0.2, 0) is 9.59 Å². The monoisotopic (exact) mass is 376 g/mol. The number of halogens is 1. The van der Waals surface area contributed by atoms with E-state index in [0.717, 1.165) is 31.2 Å². The Kier molecular flexibility index (Phi) is 5.91. The Labute approximate surface area is 161 Å². The molecule has 0 radical (unpaired) electrons. The number of likely N-dealkylation sites (tertiary alicyclic amines) is 1. The Hall–Kier alpha value is -1.55. The molecule has 1 aromatic carbocycles. The van der Waals surface area contributed by atoms with Gasteiger partial charge in [0.2, 0.25) is 11.8 Å². The molecule has 2 fully saturated rings. The standard InChI is InChI=1S/C21H29ClN2O2/c1-14(2)20(25)23-12-10-17(11-13-23)21(26)24(19-8-9-19)15(3)16-4-6-18(22)7-5-16/h4-7,14-15,17,19H,8-13H2,1-3H3. The molecule has 1 heterocycles. The molecule has 1 aliphatic heterocycles. The summed E-state index contributed by atoms with van der Waals surface area (Å²) in [4.78, 5) is 29.4. The molecular formula is C21H29ClN2O2. The summed E-state index contributed by atoms with van der Waals surface area (Å²) in [6.07, 6.45) is 3.73. The van der Waals surface area contributed by atoms with E-state index in [4.69, 9.17) is 11.6 Å². The molecule has 5 heteroatoms. The van der Waals surface area contributed by atoms with Gasteiger partial charge in [0.25, 0.3) is 0 Å². The van der Waals surface area contributed by atoms with Crippen LogP contribution in [0, 0.1) is 11.8 Å². The lowest BCUT2D eigenvalue weighted by Crippen LogP contribution is -2.46. The third-order valence-corrected chi connectivity index (χ3v) is 5.87. The molecular weight excluding hydrogens is 348 g/mol. The first-order chi connectivity index (χ1) is 12.4. The zero-order chi connectivity index (χ0) is 18.8. The van der Waals surface area contributed by atoms with Crippen LogP contribution in [0.15, 0.2) is 24.3 Å². The summed E-state index contributed by atoms with van der Waals surface area (Å²) >= 11 is 6.00. The molecule has 4 nitrogen and oxygen atoms in total. The molecule has 0 spiro atoms. The Morgan fingerprint density at radius 3 is 2.12 bits per heavy atom. The van der Waals surface area contributed by atoms with Crippen molar-refractivity contribution in [1.29, 1.82) is 0 Å². The van der Waals surface area contributed by atoms with Crippen LogP contribution < -0.4 is 0 Å². The van der Waals surface area contributed by atoms with Crippen molar-refractivity contribution in [1.82, 2.24) is 9.80 Å². The second kappa shape index (κ2) is 7.99. The van der Waals surface area contributed by atoms with E-state index in [2.05, 4.69) is 11.8 Å². The number of hydrogen-bond donors (Lipinski definition) is 0. The van der Waals surface area contributed by atoms with Gasteiger partial charge >= 0.3 is 0 Å². The van der Waals surface area contributed by atoms with Gasteiger partial charge in [0.05, 0.1) is 6.04 Å². The van der Waals surface area contributed by atoms with Gasteiger partial charge in [0.15, 0.2) is 0 Å². The van der Waals surface area contributed by atoms with Crippen molar-refractivity contribution < 1.29 is 9.59 Å². The number of benzene rings is 1. The highest BCUT2D eigenvalue weighted by Gasteiger charge is 2.40. The Morgan fingerprint density at radius 1 is 1.04 bits per heavy atom. The van der Waals surface area contributed by atoms with Gasteiger partial charge < -0.3 is 9.80 Å². The van der Waals surface area contributed by atoms with E-state index < -0.39 is 0 Å². The number of amides is 2. The largest absolute Gasteiger partial charge is 0.342 e. The van der Waals surface area contributed by atoms with Crippen molar-refractivity contribution >= 4 is 23.4 Å². The summed E-state index contributed by atoms with van der Waals surface area (Å²) in [7, 11) is 0. The van der Waals surface area contributed by atoms with Crippen LogP contribution in [0.2, 0.25) is 5.02 Å². The molecule has 0 aromatic heterocycles. The van der Waals surface area contributed by atoms with E-state index in [1.165, 1.54) is 0 Å². The van der Waals surface area contributed by atoms with Gasteiger partial charge in [-0.1, -0.05) is 37.6 Å². The summed E-state index contributed by atoms with van der Waals surface area (Å²) in [5, 5.41) is 0.715. The van der Waals surface area contributed by atoms with Gasteiger partial charge in [-0.05, 0) is 50.3 Å². The molecule has 2 amide bonds. The average Bonchev–Trinajstić information content (AvgIpc) is 3.46. The Morgan fingerprint density at radius 2 is 1.62 bits per heavy atom. The number of nitrogens with zero attached hydrogens (tertiary/aromatic N) is 2. The quantitative estimate of drug-likeness (QED) is 0.769. The maximum Gasteiger partial charge on any atom is 0.226 e.